The van der Waals surface area contributed by atoms with Crippen molar-refractivity contribution in [3.05, 3.63) is 77.0 Å². The van der Waals surface area contributed by atoms with Crippen LogP contribution in [0, 0.1) is 5.82 Å². The second-order valence-corrected chi connectivity index (χ2v) is 7.01. The summed E-state index contributed by atoms with van der Waals surface area (Å²) >= 11 is 0. The van der Waals surface area contributed by atoms with Gasteiger partial charge in [-0.2, -0.15) is 0 Å². The van der Waals surface area contributed by atoms with Crippen molar-refractivity contribution in [1.29, 1.82) is 0 Å². The molecule has 0 fully saturated rings. The van der Waals surface area contributed by atoms with Gasteiger partial charge >= 0.3 is 6.36 Å². The molecule has 2 aromatic carbocycles. The molecule has 1 amide bonds. The van der Waals surface area contributed by atoms with Crippen molar-refractivity contribution >= 4 is 11.6 Å². The molecule has 0 spiro atoms. The molecule has 0 unspecified atom stereocenters. The van der Waals surface area contributed by atoms with E-state index in [4.69, 9.17) is 0 Å². The standard InChI is InChI=1S/C23H20F4N2O3/c1-2-3-4-21(30)28-20-13-22(31)29(14-19(20)15-5-7-16(24)8-6-15)17-9-11-18(12-10-17)32-23(25,26)27/h5-14H,2-4H2,1H3,(H,28,30). The molecule has 0 aliphatic heterocycles. The number of amides is 1. The summed E-state index contributed by atoms with van der Waals surface area (Å²) < 4.78 is 55.6. The minimum atomic E-state index is -4.83. The van der Waals surface area contributed by atoms with Crippen LogP contribution in [0.1, 0.15) is 26.2 Å². The topological polar surface area (TPSA) is 60.3 Å². The van der Waals surface area contributed by atoms with Crippen LogP contribution in [0.15, 0.2) is 65.6 Å². The van der Waals surface area contributed by atoms with Crippen LogP contribution in [0.5, 0.6) is 5.75 Å². The Hall–Kier alpha value is -3.62. The number of unbranched alkanes of at least 4 members (excludes halogenated alkanes) is 1. The number of ether oxygens (including phenoxy) is 1. The van der Waals surface area contributed by atoms with E-state index >= 15 is 0 Å². The Kier molecular flexibility index (Phi) is 6.97. The maximum Gasteiger partial charge on any atom is 0.573 e. The molecular formula is C23H20F4N2O3. The van der Waals surface area contributed by atoms with Crippen LogP contribution in [0.4, 0.5) is 23.2 Å². The number of pyridine rings is 1. The van der Waals surface area contributed by atoms with Crippen molar-refractivity contribution in [2.75, 3.05) is 5.32 Å². The van der Waals surface area contributed by atoms with Crippen molar-refractivity contribution in [3.63, 3.8) is 0 Å². The Morgan fingerprint density at radius 1 is 1.06 bits per heavy atom. The molecule has 0 radical (unpaired) electrons. The molecule has 0 aliphatic carbocycles. The van der Waals surface area contributed by atoms with Crippen LogP contribution in [0.3, 0.4) is 0 Å². The largest absolute Gasteiger partial charge is 0.573 e. The second-order valence-electron chi connectivity index (χ2n) is 7.01. The van der Waals surface area contributed by atoms with Gasteiger partial charge in [0.25, 0.3) is 5.56 Å². The third kappa shape index (κ3) is 5.96. The molecule has 0 saturated heterocycles. The molecule has 0 bridgehead atoms. The lowest BCUT2D eigenvalue weighted by Gasteiger charge is -2.15. The quantitative estimate of drug-likeness (QED) is 0.474. The van der Waals surface area contributed by atoms with E-state index in [1.54, 1.807) is 0 Å². The highest BCUT2D eigenvalue weighted by Gasteiger charge is 2.31. The number of hydrogen-bond acceptors (Lipinski definition) is 3. The molecule has 1 N–H and O–H groups in total. The first kappa shape index (κ1) is 23.1. The average Bonchev–Trinajstić information content (AvgIpc) is 2.73. The van der Waals surface area contributed by atoms with Crippen molar-refractivity contribution in [2.24, 2.45) is 0 Å². The molecule has 5 nitrogen and oxygen atoms in total. The first-order chi connectivity index (χ1) is 15.2. The van der Waals surface area contributed by atoms with Gasteiger partial charge in [-0.1, -0.05) is 25.5 Å². The van der Waals surface area contributed by atoms with E-state index in [1.165, 1.54) is 53.2 Å². The maximum absolute atomic E-state index is 13.4. The van der Waals surface area contributed by atoms with Crippen LogP contribution < -0.4 is 15.6 Å². The van der Waals surface area contributed by atoms with Crippen LogP contribution in [-0.4, -0.2) is 16.8 Å². The number of aromatic nitrogens is 1. The van der Waals surface area contributed by atoms with Crippen molar-refractivity contribution in [3.8, 4) is 22.6 Å². The number of hydrogen-bond donors (Lipinski definition) is 1. The van der Waals surface area contributed by atoms with Crippen molar-refractivity contribution in [2.45, 2.75) is 32.5 Å². The van der Waals surface area contributed by atoms with Crippen molar-refractivity contribution in [1.82, 2.24) is 4.57 Å². The van der Waals surface area contributed by atoms with Gasteiger partial charge in [0.1, 0.15) is 11.6 Å². The number of nitrogens with zero attached hydrogens (tertiary/aromatic N) is 1. The second kappa shape index (κ2) is 9.67. The van der Waals surface area contributed by atoms with Crippen LogP contribution in [0.25, 0.3) is 16.8 Å². The highest BCUT2D eigenvalue weighted by molar-refractivity contribution is 5.95. The summed E-state index contributed by atoms with van der Waals surface area (Å²) in [6, 6.07) is 11.5. The molecular weight excluding hydrogens is 428 g/mol. The molecule has 0 aliphatic rings. The number of halogens is 4. The van der Waals surface area contributed by atoms with Gasteiger partial charge in [-0.05, 0) is 48.4 Å². The van der Waals surface area contributed by atoms with E-state index < -0.39 is 23.5 Å². The fraction of sp³-hybridized carbons (Fsp3) is 0.217. The molecule has 3 aromatic rings. The highest BCUT2D eigenvalue weighted by atomic mass is 19.4. The zero-order valence-electron chi connectivity index (χ0n) is 17.1. The van der Waals surface area contributed by atoms with Gasteiger partial charge in [-0.25, -0.2) is 4.39 Å². The Morgan fingerprint density at radius 3 is 2.31 bits per heavy atom. The molecule has 1 heterocycles. The SMILES string of the molecule is CCCCC(=O)Nc1cc(=O)n(-c2ccc(OC(F)(F)F)cc2)cc1-c1ccc(F)cc1. The molecule has 1 aromatic heterocycles. The third-order valence-corrected chi connectivity index (χ3v) is 4.59. The van der Waals surface area contributed by atoms with Gasteiger partial charge in [-0.15, -0.1) is 13.2 Å². The number of nitrogens with one attached hydrogen (secondary N) is 1. The molecule has 168 valence electrons. The van der Waals surface area contributed by atoms with E-state index in [1.807, 2.05) is 6.92 Å². The predicted molar refractivity (Wildman–Crippen MR) is 112 cm³/mol. The monoisotopic (exact) mass is 448 g/mol. The summed E-state index contributed by atoms with van der Waals surface area (Å²) in [6.45, 7) is 1.95. The minimum absolute atomic E-state index is 0.260. The van der Waals surface area contributed by atoms with E-state index in [-0.39, 0.29) is 23.7 Å². The predicted octanol–water partition coefficient (Wildman–Crippen LogP) is 5.67. The summed E-state index contributed by atoms with van der Waals surface area (Å²) in [5, 5.41) is 2.72. The average molecular weight is 448 g/mol. The van der Waals surface area contributed by atoms with Gasteiger partial charge in [0.2, 0.25) is 5.91 Å². The lowest BCUT2D eigenvalue weighted by atomic mass is 10.1. The highest BCUT2D eigenvalue weighted by Crippen LogP contribution is 2.29. The third-order valence-electron chi connectivity index (χ3n) is 4.59. The van der Waals surface area contributed by atoms with Crippen LogP contribution in [-0.2, 0) is 4.79 Å². The number of carbonyl (C=O) groups is 1. The van der Waals surface area contributed by atoms with Gasteiger partial charge in [0.05, 0.1) is 5.69 Å². The Labute approximate surface area is 181 Å². The van der Waals surface area contributed by atoms with Gasteiger partial charge in [0, 0.05) is 29.9 Å². The lowest BCUT2D eigenvalue weighted by Crippen LogP contribution is -2.21. The first-order valence-corrected chi connectivity index (χ1v) is 9.85. The number of rotatable bonds is 7. The molecule has 0 atom stereocenters. The van der Waals surface area contributed by atoms with E-state index in [2.05, 4.69) is 10.1 Å². The molecule has 32 heavy (non-hydrogen) atoms. The molecule has 9 heteroatoms. The van der Waals surface area contributed by atoms with E-state index in [0.717, 1.165) is 18.6 Å². The summed E-state index contributed by atoms with van der Waals surface area (Å²) in [7, 11) is 0. The maximum atomic E-state index is 13.4. The van der Waals surface area contributed by atoms with Crippen molar-refractivity contribution < 1.29 is 27.1 Å². The zero-order valence-corrected chi connectivity index (χ0v) is 17.1. The van der Waals surface area contributed by atoms with E-state index in [9.17, 15) is 27.2 Å². The Balaban J connectivity index is 2.03. The minimum Gasteiger partial charge on any atom is -0.406 e. The molecule has 0 saturated carbocycles. The zero-order chi connectivity index (χ0) is 23.3. The fourth-order valence-corrected chi connectivity index (χ4v) is 3.06. The fourth-order valence-electron chi connectivity index (χ4n) is 3.06. The van der Waals surface area contributed by atoms with Crippen LogP contribution in [0.2, 0.25) is 0 Å². The summed E-state index contributed by atoms with van der Waals surface area (Å²) in [4.78, 5) is 25.0. The van der Waals surface area contributed by atoms with E-state index in [0.29, 0.717) is 17.5 Å². The van der Waals surface area contributed by atoms with Gasteiger partial charge in [-0.3, -0.25) is 14.2 Å². The Morgan fingerprint density at radius 2 is 1.72 bits per heavy atom. The summed E-state index contributed by atoms with van der Waals surface area (Å²) in [5.41, 5.74) is 1.03. The molecule has 3 rings (SSSR count). The number of anilines is 1. The first-order valence-electron chi connectivity index (χ1n) is 9.85. The number of benzene rings is 2. The summed E-state index contributed by atoms with van der Waals surface area (Å²) in [6.07, 6.45) is -1.59. The lowest BCUT2D eigenvalue weighted by molar-refractivity contribution is -0.274. The normalized spacial score (nSPS) is 11.3. The van der Waals surface area contributed by atoms with Gasteiger partial charge in [0.15, 0.2) is 0 Å². The Bertz CT molecular complexity index is 1140. The number of alkyl halides is 3. The van der Waals surface area contributed by atoms with Crippen LogP contribution >= 0.6 is 0 Å². The van der Waals surface area contributed by atoms with Gasteiger partial charge < -0.3 is 10.1 Å². The smallest absolute Gasteiger partial charge is 0.406 e. The summed E-state index contributed by atoms with van der Waals surface area (Å²) in [5.74, 6) is -1.13. The number of carbonyl (C=O) groups excluding carboxylic acids is 1.